The Labute approximate surface area is 158 Å². The van der Waals surface area contributed by atoms with E-state index in [1.807, 2.05) is 0 Å². The Morgan fingerprint density at radius 1 is 0.963 bits per heavy atom. The minimum atomic E-state index is -1.38. The minimum Gasteiger partial charge on any atom is -0.478 e. The van der Waals surface area contributed by atoms with Gasteiger partial charge in [0, 0.05) is 15.5 Å². The number of hydrogen-bond acceptors (Lipinski definition) is 4. The predicted molar refractivity (Wildman–Crippen MR) is 107 cm³/mol. The lowest BCUT2D eigenvalue weighted by molar-refractivity contribution is 0.0652. The summed E-state index contributed by atoms with van der Waals surface area (Å²) in [6.45, 7) is 7.34. The second kappa shape index (κ2) is 7.17. The predicted octanol–water partition coefficient (Wildman–Crippen LogP) is 4.27. The van der Waals surface area contributed by atoms with Crippen molar-refractivity contribution in [2.45, 2.75) is 12.8 Å². The van der Waals surface area contributed by atoms with Crippen molar-refractivity contribution >= 4 is 43.4 Å². The summed E-state index contributed by atoms with van der Waals surface area (Å²) < 4.78 is 0.781. The van der Waals surface area contributed by atoms with Gasteiger partial charge in [0.25, 0.3) is 0 Å². The molecule has 0 saturated heterocycles. The second-order valence-electron chi connectivity index (χ2n) is 5.93. The van der Waals surface area contributed by atoms with E-state index in [0.29, 0.717) is 21.2 Å². The lowest BCUT2D eigenvalue weighted by Gasteiger charge is -2.17. The molecule has 0 saturated carbocycles. The van der Waals surface area contributed by atoms with E-state index in [-0.39, 0.29) is 39.5 Å². The van der Waals surface area contributed by atoms with Crippen LogP contribution in [0.5, 0.6) is 0 Å². The first-order valence-corrected chi connectivity index (χ1v) is 8.95. The molecule has 2 aromatic carbocycles. The lowest BCUT2D eigenvalue weighted by Crippen LogP contribution is -2.17. The second-order valence-corrected chi connectivity index (χ2v) is 6.99. The molecule has 0 aliphatic heterocycles. The van der Waals surface area contributed by atoms with Crippen molar-refractivity contribution in [2.24, 2.45) is 0 Å². The van der Waals surface area contributed by atoms with Crippen LogP contribution in [-0.4, -0.2) is 22.2 Å². The summed E-state index contributed by atoms with van der Waals surface area (Å²) in [4.78, 5) is 37.2. The Balaban J connectivity index is 2.73. The van der Waals surface area contributed by atoms with Gasteiger partial charge in [-0.15, -0.1) is 24.5 Å². The standard InChI is InChI=1S/C21H16O5S/c1-3-7-11-12(8-4-2)16-18(22)13-9-5-6-10-14(13)27-19(16)17(21(25)26)15(11)20(23)24/h3-6,9-10H,1-2,7-8H2,(H,23,24)(H,25,26). The molecule has 1 aromatic heterocycles. The van der Waals surface area contributed by atoms with Crippen LogP contribution in [0.2, 0.25) is 0 Å². The summed E-state index contributed by atoms with van der Waals surface area (Å²) >= 11 is 1.11. The monoisotopic (exact) mass is 380 g/mol. The zero-order chi connectivity index (χ0) is 19.7. The number of carbonyl (C=O) groups is 2. The van der Waals surface area contributed by atoms with Crippen LogP contribution in [0.15, 0.2) is 54.4 Å². The summed E-state index contributed by atoms with van der Waals surface area (Å²) in [5, 5.41) is 20.3. The molecule has 3 aromatic rings. The SMILES string of the molecule is C=CCc1c(C(=O)O)c(C(=O)O)c2sc3ccccc3c(=O)c2c1CC=C. The Bertz CT molecular complexity index is 1190. The van der Waals surface area contributed by atoms with Crippen molar-refractivity contribution in [1.29, 1.82) is 0 Å². The highest BCUT2D eigenvalue weighted by Crippen LogP contribution is 2.35. The van der Waals surface area contributed by atoms with E-state index in [9.17, 15) is 24.6 Å². The van der Waals surface area contributed by atoms with Crippen LogP contribution in [0.1, 0.15) is 31.8 Å². The average molecular weight is 380 g/mol. The van der Waals surface area contributed by atoms with E-state index in [4.69, 9.17) is 0 Å². The van der Waals surface area contributed by atoms with Crippen LogP contribution >= 0.6 is 11.3 Å². The molecule has 136 valence electrons. The van der Waals surface area contributed by atoms with E-state index in [1.165, 1.54) is 6.08 Å². The molecule has 0 fully saturated rings. The molecule has 0 bridgehead atoms. The lowest BCUT2D eigenvalue weighted by atomic mass is 9.88. The maximum absolute atomic E-state index is 13.2. The van der Waals surface area contributed by atoms with Crippen molar-refractivity contribution < 1.29 is 19.8 Å². The number of benzene rings is 2. The van der Waals surface area contributed by atoms with Gasteiger partial charge in [-0.2, -0.15) is 0 Å². The summed E-state index contributed by atoms with van der Waals surface area (Å²) in [6.07, 6.45) is 3.46. The number of aromatic carboxylic acids is 2. The van der Waals surface area contributed by atoms with Crippen LogP contribution in [0.3, 0.4) is 0 Å². The summed E-state index contributed by atoms with van der Waals surface area (Å²) in [6, 6.07) is 6.89. The molecule has 0 aliphatic carbocycles. The smallest absolute Gasteiger partial charge is 0.338 e. The Morgan fingerprint density at radius 2 is 1.56 bits per heavy atom. The highest BCUT2D eigenvalue weighted by atomic mass is 32.1. The highest BCUT2D eigenvalue weighted by Gasteiger charge is 2.28. The fraction of sp³-hybridized carbons (Fsp3) is 0.0952. The summed E-state index contributed by atoms with van der Waals surface area (Å²) in [5.74, 6) is -2.72. The van der Waals surface area contributed by atoms with Crippen LogP contribution in [-0.2, 0) is 12.8 Å². The number of rotatable bonds is 6. The molecule has 27 heavy (non-hydrogen) atoms. The minimum absolute atomic E-state index is 0.137. The molecule has 0 spiro atoms. The number of hydrogen-bond donors (Lipinski definition) is 2. The molecule has 0 atom stereocenters. The van der Waals surface area contributed by atoms with E-state index in [0.717, 1.165) is 11.3 Å². The van der Waals surface area contributed by atoms with Gasteiger partial charge in [-0.1, -0.05) is 24.3 Å². The average Bonchev–Trinajstić information content (AvgIpc) is 2.62. The fourth-order valence-electron chi connectivity index (χ4n) is 3.34. The van der Waals surface area contributed by atoms with Gasteiger partial charge in [0.1, 0.15) is 0 Å². The van der Waals surface area contributed by atoms with Crippen molar-refractivity contribution in [3.8, 4) is 0 Å². The van der Waals surface area contributed by atoms with Gasteiger partial charge in [-0.25, -0.2) is 9.59 Å². The number of allylic oxidation sites excluding steroid dienone is 2. The van der Waals surface area contributed by atoms with Crippen LogP contribution in [0.25, 0.3) is 20.2 Å². The van der Waals surface area contributed by atoms with E-state index in [1.54, 1.807) is 30.3 Å². The van der Waals surface area contributed by atoms with Gasteiger partial charge in [0.05, 0.1) is 15.8 Å². The van der Waals surface area contributed by atoms with Crippen molar-refractivity contribution in [3.05, 3.63) is 82.1 Å². The van der Waals surface area contributed by atoms with Gasteiger partial charge in [-0.3, -0.25) is 4.79 Å². The maximum atomic E-state index is 13.2. The van der Waals surface area contributed by atoms with Crippen molar-refractivity contribution in [3.63, 3.8) is 0 Å². The molecule has 1 heterocycles. The third kappa shape index (κ3) is 2.94. The fourth-order valence-corrected chi connectivity index (χ4v) is 4.58. The first-order valence-electron chi connectivity index (χ1n) is 8.14. The summed E-state index contributed by atoms with van der Waals surface area (Å²) in [7, 11) is 0. The third-order valence-electron chi connectivity index (χ3n) is 4.37. The molecular weight excluding hydrogens is 364 g/mol. The van der Waals surface area contributed by atoms with Gasteiger partial charge in [0.15, 0.2) is 5.43 Å². The van der Waals surface area contributed by atoms with E-state index >= 15 is 0 Å². The molecule has 0 aliphatic rings. The number of carboxylic acids is 2. The quantitative estimate of drug-likeness (QED) is 0.492. The first kappa shape index (κ1) is 18.5. The third-order valence-corrected chi connectivity index (χ3v) is 5.56. The van der Waals surface area contributed by atoms with Crippen molar-refractivity contribution in [1.82, 2.24) is 0 Å². The molecule has 0 radical (unpaired) electrons. The molecule has 3 rings (SSSR count). The number of fused-ring (bicyclic) bond motifs is 2. The van der Waals surface area contributed by atoms with Crippen LogP contribution in [0, 0.1) is 0 Å². The maximum Gasteiger partial charge on any atom is 0.338 e. The first-order chi connectivity index (χ1) is 12.9. The zero-order valence-corrected chi connectivity index (χ0v) is 15.1. The molecule has 2 N–H and O–H groups in total. The molecule has 5 nitrogen and oxygen atoms in total. The van der Waals surface area contributed by atoms with Gasteiger partial charge >= 0.3 is 11.9 Å². The van der Waals surface area contributed by atoms with Gasteiger partial charge in [0.2, 0.25) is 0 Å². The largest absolute Gasteiger partial charge is 0.478 e. The Morgan fingerprint density at radius 3 is 2.15 bits per heavy atom. The molecule has 0 amide bonds. The normalized spacial score (nSPS) is 10.8. The van der Waals surface area contributed by atoms with E-state index < -0.39 is 11.9 Å². The topological polar surface area (TPSA) is 91.7 Å². The Hall–Kier alpha value is -3.25. The zero-order valence-electron chi connectivity index (χ0n) is 14.3. The summed E-state index contributed by atoms with van der Waals surface area (Å²) in [5.41, 5.74) is -0.162. The number of carboxylic acid groups (broad SMARTS) is 2. The molecule has 0 unspecified atom stereocenters. The van der Waals surface area contributed by atoms with Crippen LogP contribution < -0.4 is 5.43 Å². The van der Waals surface area contributed by atoms with Gasteiger partial charge < -0.3 is 10.2 Å². The van der Waals surface area contributed by atoms with Crippen LogP contribution in [0.4, 0.5) is 0 Å². The van der Waals surface area contributed by atoms with Gasteiger partial charge in [-0.05, 0) is 36.1 Å². The van der Waals surface area contributed by atoms with E-state index in [2.05, 4.69) is 13.2 Å². The molecular formula is C21H16O5S. The Kier molecular flexibility index (Phi) is 4.92. The highest BCUT2D eigenvalue weighted by molar-refractivity contribution is 7.25. The van der Waals surface area contributed by atoms with Crippen molar-refractivity contribution in [2.75, 3.05) is 0 Å². The molecule has 6 heteroatoms.